The van der Waals surface area contributed by atoms with E-state index in [1.54, 1.807) is 4.70 Å². The number of aryl methyl sites for hydroxylation is 2. The number of allylic oxidation sites excluding steroid dienone is 2. The minimum atomic E-state index is 0. The van der Waals surface area contributed by atoms with Gasteiger partial charge in [0.05, 0.1) is 0 Å². The Kier molecular flexibility index (Phi) is 46.5. The van der Waals surface area contributed by atoms with Gasteiger partial charge in [-0.25, -0.2) is 4.70 Å². The van der Waals surface area contributed by atoms with Gasteiger partial charge in [0.1, 0.15) is 0 Å². The summed E-state index contributed by atoms with van der Waals surface area (Å²) in [7, 11) is 0. The van der Waals surface area contributed by atoms with Crippen molar-refractivity contribution in [1.29, 1.82) is 0 Å². The first-order valence-corrected chi connectivity index (χ1v) is 29.2. The zero-order valence-corrected chi connectivity index (χ0v) is 47.1. The molecule has 0 amide bonds. The van der Waals surface area contributed by atoms with Gasteiger partial charge >= 0.3 is 20.4 Å². The van der Waals surface area contributed by atoms with Crippen molar-refractivity contribution in [3.63, 3.8) is 0 Å². The van der Waals surface area contributed by atoms with E-state index < -0.39 is 0 Å². The van der Waals surface area contributed by atoms with Gasteiger partial charge in [0, 0.05) is 22.3 Å². The quantitative estimate of drug-likeness (QED) is 0.0275. The molecule has 1 heterocycles. The van der Waals surface area contributed by atoms with Crippen LogP contribution in [-0.2, 0) is 33.3 Å². The molecule has 0 aromatic heterocycles. The summed E-state index contributed by atoms with van der Waals surface area (Å²) < 4.78 is 1.60. The van der Waals surface area contributed by atoms with Gasteiger partial charge in [-0.05, 0) is 86.8 Å². The van der Waals surface area contributed by atoms with Gasteiger partial charge in [-0.15, -0.1) is 0 Å². The number of benzene rings is 2. The first-order valence-electron chi connectivity index (χ1n) is 29.2. The normalized spacial score (nSPS) is 12.3. The van der Waals surface area contributed by atoms with Gasteiger partial charge in [0.15, 0.2) is 0 Å². The second-order valence-electron chi connectivity index (χ2n) is 20.0. The van der Waals surface area contributed by atoms with E-state index in [0.717, 1.165) is 62.8 Å². The molecule has 3 rings (SSSR count). The molecule has 0 spiro atoms. The van der Waals surface area contributed by atoms with E-state index in [9.17, 15) is 5.53 Å². The van der Waals surface area contributed by atoms with E-state index in [1.807, 2.05) is 0 Å². The predicted octanol–water partition coefficient (Wildman–Crippen LogP) is 22.5. The summed E-state index contributed by atoms with van der Waals surface area (Å²) >= 11 is 0. The first-order chi connectivity index (χ1) is 32.5. The second-order valence-corrected chi connectivity index (χ2v) is 20.0. The van der Waals surface area contributed by atoms with Crippen LogP contribution in [0.2, 0.25) is 0 Å². The minimum absolute atomic E-state index is 0. The fourth-order valence-corrected chi connectivity index (χ4v) is 9.46. The molecule has 0 radical (unpaired) electrons. The van der Waals surface area contributed by atoms with Gasteiger partial charge in [0.25, 0.3) is 0 Å². The van der Waals surface area contributed by atoms with Crippen LogP contribution in [-0.4, -0.2) is 4.70 Å². The summed E-state index contributed by atoms with van der Waals surface area (Å²) in [5, 5.41) is 0. The molecule has 1 aliphatic heterocycles. The van der Waals surface area contributed by atoms with E-state index in [0.29, 0.717) is 0 Å². The Bertz CT molecular complexity index is 1450. The van der Waals surface area contributed by atoms with Crippen molar-refractivity contribution in [3.05, 3.63) is 101 Å². The first kappa shape index (κ1) is 65.2. The molecule has 2 nitrogen and oxygen atoms in total. The number of hydrogen-bond acceptors (Lipinski definition) is 0. The molecule has 0 atom stereocenters. The number of nitrogens with zero attached hydrogens (tertiary/aromatic N) is 2. The monoisotopic (exact) mass is 1010 g/mol. The molecule has 1 aliphatic rings. The van der Waals surface area contributed by atoms with E-state index in [4.69, 9.17) is 0 Å². The molecule has 386 valence electrons. The van der Waals surface area contributed by atoms with Gasteiger partial charge < -0.3 is 19.4 Å². The van der Waals surface area contributed by atoms with Crippen LogP contribution in [0.1, 0.15) is 308 Å². The zero-order valence-electron chi connectivity index (χ0n) is 45.5. The van der Waals surface area contributed by atoms with Crippen molar-refractivity contribution in [1.82, 2.24) is 0 Å². The van der Waals surface area contributed by atoms with Crippen LogP contribution in [0.3, 0.4) is 0 Å². The summed E-state index contributed by atoms with van der Waals surface area (Å²) in [5.41, 5.74) is 22.2. The maximum atomic E-state index is 12.2. The third-order valence-electron chi connectivity index (χ3n) is 13.7. The van der Waals surface area contributed by atoms with E-state index in [2.05, 4.69) is 104 Å². The van der Waals surface area contributed by atoms with Crippen molar-refractivity contribution in [2.75, 3.05) is 0 Å². The maximum absolute atomic E-state index is 12.2. The van der Waals surface area contributed by atoms with Gasteiger partial charge in [0.2, 0.25) is 11.4 Å². The third-order valence-corrected chi connectivity index (χ3v) is 13.7. The summed E-state index contributed by atoms with van der Waals surface area (Å²) in [6, 6.07) is 18.2. The van der Waals surface area contributed by atoms with Gasteiger partial charge in [-0.3, -0.25) is 0 Å². The average molecular weight is 1010 g/mol. The predicted molar refractivity (Wildman–Crippen MR) is 298 cm³/mol. The Morgan fingerprint density at radius 2 is 0.612 bits per heavy atom. The van der Waals surface area contributed by atoms with E-state index in [-0.39, 0.29) is 20.4 Å². The van der Waals surface area contributed by atoms with Crippen molar-refractivity contribution in [3.8, 4) is 0 Å². The molecular formula is C64H110N2Pd. The average Bonchev–Trinajstić information content (AvgIpc) is 3.61. The maximum Gasteiger partial charge on any atom is 2.00 e. The molecule has 2 aromatic carbocycles. The Morgan fingerprint density at radius 3 is 0.925 bits per heavy atom. The third kappa shape index (κ3) is 31.9. The van der Waals surface area contributed by atoms with Crippen LogP contribution < -0.4 is 0 Å². The Labute approximate surface area is 433 Å². The summed E-state index contributed by atoms with van der Waals surface area (Å²) in [6.45, 7) is 21.3. The molecule has 67 heavy (non-hydrogen) atoms. The second kappa shape index (κ2) is 47.8. The van der Waals surface area contributed by atoms with Crippen molar-refractivity contribution >= 4 is 11.4 Å². The molecule has 0 bridgehead atoms. The van der Waals surface area contributed by atoms with E-state index in [1.165, 1.54) is 239 Å². The van der Waals surface area contributed by atoms with Crippen LogP contribution in [0.25, 0.3) is 16.9 Å². The number of unbranched alkanes of at least 4 members (excludes halogenated alkanes) is 30. The summed E-state index contributed by atoms with van der Waals surface area (Å²) in [5.74, 6) is 0. The molecular weight excluding hydrogens is 903 g/mol. The molecule has 0 fully saturated rings. The van der Waals surface area contributed by atoms with E-state index >= 15 is 0 Å². The standard InChI is InChI=1S/C44H68N2.2C10H21.Pd/c1-5-9-13-16-19-22-27-37-29-25-31-39(35-37)43-41(33-12-8-4)42(34-24-21-18-15-11-7-3)44(46(43)45)40-32-26-30-38(36-40)28-23-20-17-14-10-6-2;2*1-3-5-7-9-10-8-6-4-2;/h25-26,29-32,35-36H,5-24,27-28,33-34H2,1-4H3;2*1,3-10H2,2H3;/q;2*-1;+2. The van der Waals surface area contributed by atoms with Crippen molar-refractivity contribution in [2.24, 2.45) is 0 Å². The Balaban J connectivity index is 0.00000172. The van der Waals surface area contributed by atoms with Crippen LogP contribution in [0.15, 0.2) is 59.7 Å². The van der Waals surface area contributed by atoms with Crippen LogP contribution in [0.4, 0.5) is 0 Å². The largest absolute Gasteiger partial charge is 2.00 e. The van der Waals surface area contributed by atoms with Crippen LogP contribution in [0.5, 0.6) is 0 Å². The van der Waals surface area contributed by atoms with Crippen molar-refractivity contribution < 1.29 is 25.1 Å². The zero-order chi connectivity index (χ0) is 48.1. The molecule has 0 N–H and O–H groups in total. The van der Waals surface area contributed by atoms with Crippen molar-refractivity contribution in [2.45, 2.75) is 298 Å². The Morgan fingerprint density at radius 1 is 0.343 bits per heavy atom. The molecule has 0 aliphatic carbocycles. The molecule has 2 aromatic rings. The molecule has 3 heteroatoms. The van der Waals surface area contributed by atoms with Gasteiger partial charge in [-0.2, -0.15) is 12.8 Å². The molecule has 0 saturated heterocycles. The minimum Gasteiger partial charge on any atom is -0.493 e. The topological polar surface area (TPSA) is 25.3 Å². The molecule has 0 saturated carbocycles. The Hall–Kier alpha value is -1.82. The SMILES string of the molecule is CCCCCCCCC1=C(c2cccc(CCCCCCCC)c2)[N+](=[N-])C(c2cccc(CCCCCCCC)c2)=C1CCCC.[CH2-]CCCCCCCCC.[CH2-]CCCCCCCCC.[Pd+2]. The fourth-order valence-electron chi connectivity index (χ4n) is 9.46. The van der Waals surface area contributed by atoms with Crippen LogP contribution >= 0.6 is 0 Å². The van der Waals surface area contributed by atoms with Gasteiger partial charge in [-0.1, -0.05) is 258 Å². The number of hydrogen-bond donors (Lipinski definition) is 0. The summed E-state index contributed by atoms with van der Waals surface area (Å²) in [6.07, 6.45) is 52.0. The van der Waals surface area contributed by atoms with Crippen LogP contribution in [0, 0.1) is 13.8 Å². The smallest absolute Gasteiger partial charge is 0.493 e. The summed E-state index contributed by atoms with van der Waals surface area (Å²) in [4.78, 5) is 0. The fraction of sp³-hybridized carbons (Fsp3) is 0.719. The number of rotatable bonds is 40. The molecule has 0 unspecified atom stereocenters.